The van der Waals surface area contributed by atoms with Crippen LogP contribution in [0.4, 0.5) is 0 Å². The van der Waals surface area contributed by atoms with E-state index in [0.29, 0.717) is 12.5 Å². The van der Waals surface area contributed by atoms with E-state index in [9.17, 15) is 9.59 Å². The highest BCUT2D eigenvalue weighted by Gasteiger charge is 2.22. The quantitative estimate of drug-likeness (QED) is 0.730. The fourth-order valence-corrected chi connectivity index (χ4v) is 2.75. The highest BCUT2D eigenvalue weighted by atomic mass is 16.5. The molecule has 0 atom stereocenters. The third kappa shape index (κ3) is 5.63. The molecule has 0 aromatic heterocycles. The molecule has 1 N–H and O–H groups in total. The van der Waals surface area contributed by atoms with Gasteiger partial charge in [0, 0.05) is 39.3 Å². The van der Waals surface area contributed by atoms with Crippen LogP contribution in [0.5, 0.6) is 0 Å². The first-order chi connectivity index (χ1) is 10.1. The number of hydrogen-bond donors (Lipinski definition) is 1. The first-order valence-corrected chi connectivity index (χ1v) is 7.99. The summed E-state index contributed by atoms with van der Waals surface area (Å²) in [7, 11) is 0. The van der Waals surface area contributed by atoms with Crippen LogP contribution in [0.25, 0.3) is 0 Å². The van der Waals surface area contributed by atoms with Gasteiger partial charge in [-0.15, -0.1) is 0 Å². The molecule has 2 heterocycles. The Kier molecular flexibility index (Phi) is 6.45. The topological polar surface area (TPSA) is 61.9 Å². The zero-order chi connectivity index (χ0) is 15.1. The van der Waals surface area contributed by atoms with Crippen LogP contribution in [0.15, 0.2) is 0 Å². The highest BCUT2D eigenvalue weighted by molar-refractivity contribution is 5.96. The predicted molar refractivity (Wildman–Crippen MR) is 79.9 cm³/mol. The van der Waals surface area contributed by atoms with Crippen molar-refractivity contribution in [3.8, 4) is 0 Å². The molecule has 0 aromatic carbocycles. The molecule has 0 unspecified atom stereocenters. The number of amides is 2. The molecule has 2 aliphatic rings. The van der Waals surface area contributed by atoms with Crippen LogP contribution in [-0.4, -0.2) is 74.1 Å². The molecule has 2 aliphatic heterocycles. The van der Waals surface area contributed by atoms with Crippen molar-refractivity contribution in [1.82, 2.24) is 15.1 Å². The second kappa shape index (κ2) is 8.34. The monoisotopic (exact) mass is 297 g/mol. The molecule has 0 spiro atoms. The molecule has 2 fully saturated rings. The van der Waals surface area contributed by atoms with Gasteiger partial charge in [-0.05, 0) is 18.8 Å². The van der Waals surface area contributed by atoms with Gasteiger partial charge in [-0.25, -0.2) is 0 Å². The Morgan fingerprint density at radius 2 is 1.81 bits per heavy atom. The molecule has 0 radical (unpaired) electrons. The Morgan fingerprint density at radius 1 is 1.14 bits per heavy atom. The van der Waals surface area contributed by atoms with Gasteiger partial charge in [0.2, 0.25) is 11.8 Å². The summed E-state index contributed by atoms with van der Waals surface area (Å²) >= 11 is 0. The molecule has 6 heteroatoms. The van der Waals surface area contributed by atoms with E-state index in [4.69, 9.17) is 4.74 Å². The van der Waals surface area contributed by atoms with Crippen molar-refractivity contribution in [3.05, 3.63) is 0 Å². The van der Waals surface area contributed by atoms with Gasteiger partial charge in [0.15, 0.2) is 0 Å². The molecule has 0 aliphatic carbocycles. The maximum Gasteiger partial charge on any atom is 0.232 e. The van der Waals surface area contributed by atoms with Crippen molar-refractivity contribution in [1.29, 1.82) is 0 Å². The fraction of sp³-hybridized carbons (Fsp3) is 0.867. The van der Waals surface area contributed by atoms with Crippen molar-refractivity contribution in [2.45, 2.75) is 26.2 Å². The number of ether oxygens (including phenoxy) is 1. The summed E-state index contributed by atoms with van der Waals surface area (Å²) in [4.78, 5) is 27.9. The maximum absolute atomic E-state index is 12.0. The molecular weight excluding hydrogens is 270 g/mol. The number of nitrogens with zero attached hydrogens (tertiary/aromatic N) is 2. The molecule has 0 bridgehead atoms. The van der Waals surface area contributed by atoms with Crippen LogP contribution in [0.2, 0.25) is 0 Å². The molecule has 2 saturated heterocycles. The SMILES string of the molecule is CC1CCN(C(=O)CC(=O)NCCN2CCOCC2)CC1. The van der Waals surface area contributed by atoms with Gasteiger partial charge >= 0.3 is 0 Å². The largest absolute Gasteiger partial charge is 0.379 e. The summed E-state index contributed by atoms with van der Waals surface area (Å²) in [5, 5.41) is 2.84. The zero-order valence-corrected chi connectivity index (χ0v) is 13.0. The van der Waals surface area contributed by atoms with Crippen molar-refractivity contribution in [2.24, 2.45) is 5.92 Å². The minimum atomic E-state index is -0.160. The molecule has 21 heavy (non-hydrogen) atoms. The van der Waals surface area contributed by atoms with Gasteiger partial charge < -0.3 is 15.0 Å². The summed E-state index contributed by atoms with van der Waals surface area (Å²) in [6, 6.07) is 0. The van der Waals surface area contributed by atoms with E-state index in [1.54, 1.807) is 0 Å². The van der Waals surface area contributed by atoms with Crippen LogP contribution in [0.1, 0.15) is 26.2 Å². The average molecular weight is 297 g/mol. The normalized spacial score (nSPS) is 21.3. The van der Waals surface area contributed by atoms with Gasteiger partial charge in [0.05, 0.1) is 13.2 Å². The van der Waals surface area contributed by atoms with E-state index in [-0.39, 0.29) is 18.2 Å². The smallest absolute Gasteiger partial charge is 0.232 e. The number of nitrogens with one attached hydrogen (secondary N) is 1. The molecule has 2 rings (SSSR count). The Morgan fingerprint density at radius 3 is 2.48 bits per heavy atom. The van der Waals surface area contributed by atoms with Crippen molar-refractivity contribution in [2.75, 3.05) is 52.5 Å². The van der Waals surface area contributed by atoms with E-state index in [1.807, 2.05) is 4.90 Å². The minimum absolute atomic E-state index is 0.0164. The third-order valence-corrected chi connectivity index (χ3v) is 4.30. The first kappa shape index (κ1) is 16.2. The van der Waals surface area contributed by atoms with E-state index in [0.717, 1.165) is 58.8 Å². The van der Waals surface area contributed by atoms with Gasteiger partial charge in [0.1, 0.15) is 6.42 Å². The molecule has 120 valence electrons. The van der Waals surface area contributed by atoms with Gasteiger partial charge in [-0.2, -0.15) is 0 Å². The van der Waals surface area contributed by atoms with Gasteiger partial charge in [-0.3, -0.25) is 14.5 Å². The van der Waals surface area contributed by atoms with E-state index < -0.39 is 0 Å². The standard InChI is InChI=1S/C15H27N3O3/c1-13-2-5-18(6-3-13)15(20)12-14(19)16-4-7-17-8-10-21-11-9-17/h13H,2-12H2,1H3,(H,16,19). The number of likely N-dealkylation sites (tertiary alicyclic amines) is 1. The minimum Gasteiger partial charge on any atom is -0.379 e. The first-order valence-electron chi connectivity index (χ1n) is 7.99. The lowest BCUT2D eigenvalue weighted by Crippen LogP contribution is -2.43. The zero-order valence-electron chi connectivity index (χ0n) is 13.0. The Labute approximate surface area is 126 Å². The van der Waals surface area contributed by atoms with Crippen LogP contribution < -0.4 is 5.32 Å². The number of rotatable bonds is 5. The highest BCUT2D eigenvalue weighted by Crippen LogP contribution is 2.16. The maximum atomic E-state index is 12.0. The van der Waals surface area contributed by atoms with Gasteiger partial charge in [-0.1, -0.05) is 6.92 Å². The number of hydrogen-bond acceptors (Lipinski definition) is 4. The number of carbonyl (C=O) groups is 2. The second-order valence-corrected chi connectivity index (χ2v) is 6.04. The lowest BCUT2D eigenvalue weighted by atomic mass is 9.99. The van der Waals surface area contributed by atoms with Crippen LogP contribution in [-0.2, 0) is 14.3 Å². The van der Waals surface area contributed by atoms with Crippen molar-refractivity contribution >= 4 is 11.8 Å². The van der Waals surface area contributed by atoms with Crippen LogP contribution in [0, 0.1) is 5.92 Å². The second-order valence-electron chi connectivity index (χ2n) is 6.04. The van der Waals surface area contributed by atoms with Crippen LogP contribution >= 0.6 is 0 Å². The lowest BCUT2D eigenvalue weighted by Gasteiger charge is -2.30. The summed E-state index contributed by atoms with van der Waals surface area (Å²) < 4.78 is 5.28. The summed E-state index contributed by atoms with van der Waals surface area (Å²) in [6.45, 7) is 8.58. The van der Waals surface area contributed by atoms with Gasteiger partial charge in [0.25, 0.3) is 0 Å². The van der Waals surface area contributed by atoms with Crippen molar-refractivity contribution < 1.29 is 14.3 Å². The summed E-state index contributed by atoms with van der Waals surface area (Å²) in [6.07, 6.45) is 2.08. The fourth-order valence-electron chi connectivity index (χ4n) is 2.75. The Bertz CT molecular complexity index is 348. The van der Waals surface area contributed by atoms with Crippen LogP contribution in [0.3, 0.4) is 0 Å². The Balaban J connectivity index is 1.59. The number of piperidine rings is 1. The summed E-state index contributed by atoms with van der Waals surface area (Å²) in [5.74, 6) is 0.494. The Hall–Kier alpha value is -1.14. The lowest BCUT2D eigenvalue weighted by molar-refractivity contribution is -0.137. The molecule has 0 saturated carbocycles. The predicted octanol–water partition coefficient (Wildman–Crippen LogP) is 0.0834. The molecule has 6 nitrogen and oxygen atoms in total. The molecule has 2 amide bonds. The number of morpholine rings is 1. The average Bonchev–Trinajstić information content (AvgIpc) is 2.49. The summed E-state index contributed by atoms with van der Waals surface area (Å²) in [5.41, 5.74) is 0. The van der Waals surface area contributed by atoms with E-state index >= 15 is 0 Å². The van der Waals surface area contributed by atoms with Crippen molar-refractivity contribution in [3.63, 3.8) is 0 Å². The molecule has 0 aromatic rings. The van der Waals surface area contributed by atoms with E-state index in [2.05, 4.69) is 17.1 Å². The third-order valence-electron chi connectivity index (χ3n) is 4.30. The number of carbonyl (C=O) groups excluding carboxylic acids is 2. The molecular formula is C15H27N3O3. The van der Waals surface area contributed by atoms with E-state index in [1.165, 1.54) is 0 Å².